The number of hydrogen-bond donors (Lipinski definition) is 4. The standard InChI is InChI=1S/C11H22N2O3S/c1-10(2,6-11(3,4)12)9(16)13-7(5-17)8(14)15/h7,17H,5-6,12H2,1-4H3,(H,13,16)(H,14,15). The smallest absolute Gasteiger partial charge is 0.327 e. The van der Waals surface area contributed by atoms with Gasteiger partial charge in [-0.2, -0.15) is 12.6 Å². The second-order valence-electron chi connectivity index (χ2n) is 5.60. The van der Waals surface area contributed by atoms with E-state index < -0.39 is 23.0 Å². The fraction of sp³-hybridized carbons (Fsp3) is 0.818. The summed E-state index contributed by atoms with van der Waals surface area (Å²) in [6.07, 6.45) is 0.463. The summed E-state index contributed by atoms with van der Waals surface area (Å²) >= 11 is 3.89. The number of carbonyl (C=O) groups excluding carboxylic acids is 1. The molecule has 0 rings (SSSR count). The van der Waals surface area contributed by atoms with E-state index in [-0.39, 0.29) is 11.7 Å². The highest BCUT2D eigenvalue weighted by molar-refractivity contribution is 7.80. The van der Waals surface area contributed by atoms with E-state index in [2.05, 4.69) is 17.9 Å². The van der Waals surface area contributed by atoms with Crippen molar-refractivity contribution >= 4 is 24.5 Å². The van der Waals surface area contributed by atoms with Gasteiger partial charge in [0.2, 0.25) is 5.91 Å². The number of carbonyl (C=O) groups is 2. The molecule has 0 spiro atoms. The number of carboxylic acids is 1. The maximum atomic E-state index is 12.0. The number of thiol groups is 1. The second-order valence-corrected chi connectivity index (χ2v) is 5.96. The Hall–Kier alpha value is -0.750. The molecule has 0 saturated heterocycles. The van der Waals surface area contributed by atoms with Crippen molar-refractivity contribution < 1.29 is 14.7 Å². The van der Waals surface area contributed by atoms with Crippen LogP contribution in [0.4, 0.5) is 0 Å². The highest BCUT2D eigenvalue weighted by Crippen LogP contribution is 2.26. The van der Waals surface area contributed by atoms with Crippen molar-refractivity contribution in [1.82, 2.24) is 5.32 Å². The van der Waals surface area contributed by atoms with Crippen LogP contribution < -0.4 is 11.1 Å². The van der Waals surface area contributed by atoms with Gasteiger partial charge in [0.1, 0.15) is 6.04 Å². The van der Waals surface area contributed by atoms with Crippen LogP contribution in [-0.2, 0) is 9.59 Å². The zero-order valence-electron chi connectivity index (χ0n) is 10.8. The molecule has 1 atom stereocenters. The van der Waals surface area contributed by atoms with Crippen molar-refractivity contribution in [2.24, 2.45) is 11.1 Å². The predicted molar refractivity (Wildman–Crippen MR) is 70.1 cm³/mol. The molecular weight excluding hydrogens is 240 g/mol. The first-order valence-corrected chi connectivity index (χ1v) is 6.06. The van der Waals surface area contributed by atoms with E-state index in [9.17, 15) is 9.59 Å². The van der Waals surface area contributed by atoms with Crippen LogP contribution in [0.5, 0.6) is 0 Å². The summed E-state index contributed by atoms with van der Waals surface area (Å²) in [4.78, 5) is 22.7. The summed E-state index contributed by atoms with van der Waals surface area (Å²) in [5.74, 6) is -1.35. The van der Waals surface area contributed by atoms with Crippen molar-refractivity contribution in [2.75, 3.05) is 5.75 Å². The summed E-state index contributed by atoms with van der Waals surface area (Å²) in [6.45, 7) is 7.15. The van der Waals surface area contributed by atoms with E-state index in [1.807, 2.05) is 13.8 Å². The molecule has 1 unspecified atom stereocenters. The Morgan fingerprint density at radius 2 is 1.82 bits per heavy atom. The number of carboxylic acid groups (broad SMARTS) is 1. The van der Waals surface area contributed by atoms with Gasteiger partial charge in [-0.1, -0.05) is 13.8 Å². The van der Waals surface area contributed by atoms with E-state index in [4.69, 9.17) is 10.8 Å². The number of amides is 1. The number of aliphatic carboxylic acids is 1. The van der Waals surface area contributed by atoms with Gasteiger partial charge in [0.05, 0.1) is 0 Å². The molecule has 4 N–H and O–H groups in total. The number of rotatable bonds is 6. The van der Waals surface area contributed by atoms with E-state index in [1.54, 1.807) is 13.8 Å². The summed E-state index contributed by atoms with van der Waals surface area (Å²) in [6, 6.07) is -0.967. The van der Waals surface area contributed by atoms with Crippen LogP contribution in [0, 0.1) is 5.41 Å². The lowest BCUT2D eigenvalue weighted by Crippen LogP contribution is -2.50. The van der Waals surface area contributed by atoms with Gasteiger partial charge in [-0.05, 0) is 20.3 Å². The van der Waals surface area contributed by atoms with E-state index >= 15 is 0 Å². The zero-order chi connectivity index (χ0) is 13.9. The minimum Gasteiger partial charge on any atom is -0.480 e. The molecule has 0 aliphatic carbocycles. The van der Waals surface area contributed by atoms with Crippen molar-refractivity contribution in [3.8, 4) is 0 Å². The van der Waals surface area contributed by atoms with Crippen molar-refractivity contribution in [3.63, 3.8) is 0 Å². The Balaban J connectivity index is 4.64. The van der Waals surface area contributed by atoms with Gasteiger partial charge < -0.3 is 16.2 Å². The molecular formula is C11H22N2O3S. The van der Waals surface area contributed by atoms with Gasteiger partial charge in [-0.25, -0.2) is 4.79 Å². The van der Waals surface area contributed by atoms with E-state index in [1.165, 1.54) is 0 Å². The maximum Gasteiger partial charge on any atom is 0.327 e. The van der Waals surface area contributed by atoms with Crippen LogP contribution in [0.25, 0.3) is 0 Å². The topological polar surface area (TPSA) is 92.4 Å². The number of hydrogen-bond acceptors (Lipinski definition) is 4. The predicted octanol–water partition coefficient (Wildman–Crippen LogP) is 0.639. The second kappa shape index (κ2) is 5.73. The van der Waals surface area contributed by atoms with E-state index in [0.717, 1.165) is 0 Å². The Kier molecular flexibility index (Phi) is 5.48. The minimum atomic E-state index is -1.09. The molecule has 0 radical (unpaired) electrons. The van der Waals surface area contributed by atoms with Gasteiger partial charge in [-0.15, -0.1) is 0 Å². The molecule has 0 aliphatic rings. The van der Waals surface area contributed by atoms with Crippen LogP contribution in [0.1, 0.15) is 34.1 Å². The molecule has 0 heterocycles. The summed E-state index contributed by atoms with van der Waals surface area (Å²) in [5, 5.41) is 11.3. The fourth-order valence-corrected chi connectivity index (χ4v) is 2.01. The molecule has 0 saturated carbocycles. The molecule has 0 fully saturated rings. The van der Waals surface area contributed by atoms with Gasteiger partial charge in [-0.3, -0.25) is 4.79 Å². The molecule has 5 nitrogen and oxygen atoms in total. The molecule has 0 aliphatic heterocycles. The van der Waals surface area contributed by atoms with Crippen molar-refractivity contribution in [3.05, 3.63) is 0 Å². The molecule has 100 valence electrons. The van der Waals surface area contributed by atoms with Gasteiger partial charge in [0.25, 0.3) is 0 Å². The van der Waals surface area contributed by atoms with E-state index in [0.29, 0.717) is 6.42 Å². The summed E-state index contributed by atoms with van der Waals surface area (Å²) < 4.78 is 0. The van der Waals surface area contributed by atoms with Crippen LogP contribution in [0.3, 0.4) is 0 Å². The Bertz CT molecular complexity index is 298. The molecule has 0 aromatic rings. The maximum absolute atomic E-state index is 12.0. The van der Waals surface area contributed by atoms with Crippen LogP contribution >= 0.6 is 12.6 Å². The SMILES string of the molecule is CC(C)(N)CC(C)(C)C(=O)NC(CS)C(=O)O. The largest absolute Gasteiger partial charge is 0.480 e. The summed E-state index contributed by atoms with van der Waals surface area (Å²) in [7, 11) is 0. The fourth-order valence-electron chi connectivity index (χ4n) is 1.76. The first-order chi connectivity index (χ1) is 7.49. The van der Waals surface area contributed by atoms with Gasteiger partial charge in [0.15, 0.2) is 0 Å². The molecule has 0 bridgehead atoms. The molecule has 17 heavy (non-hydrogen) atoms. The third-order valence-electron chi connectivity index (χ3n) is 2.30. The number of nitrogens with one attached hydrogen (secondary N) is 1. The zero-order valence-corrected chi connectivity index (χ0v) is 11.7. The van der Waals surface area contributed by atoms with Crippen LogP contribution in [0.2, 0.25) is 0 Å². The summed E-state index contributed by atoms with van der Waals surface area (Å²) in [5.41, 5.74) is 4.67. The Labute approximate surface area is 108 Å². The monoisotopic (exact) mass is 262 g/mol. The minimum absolute atomic E-state index is 0.0587. The highest BCUT2D eigenvalue weighted by atomic mass is 32.1. The lowest BCUT2D eigenvalue weighted by atomic mass is 9.79. The lowest BCUT2D eigenvalue weighted by Gasteiger charge is -2.31. The lowest BCUT2D eigenvalue weighted by molar-refractivity contribution is -0.143. The van der Waals surface area contributed by atoms with Gasteiger partial charge >= 0.3 is 5.97 Å². The van der Waals surface area contributed by atoms with Gasteiger partial charge in [0, 0.05) is 16.7 Å². The molecule has 0 aromatic heterocycles. The molecule has 6 heteroatoms. The highest BCUT2D eigenvalue weighted by Gasteiger charge is 2.34. The Morgan fingerprint density at radius 3 is 2.12 bits per heavy atom. The Morgan fingerprint density at radius 1 is 1.35 bits per heavy atom. The number of nitrogens with two attached hydrogens (primary N) is 1. The third kappa shape index (κ3) is 5.93. The van der Waals surface area contributed by atoms with Crippen LogP contribution in [0.15, 0.2) is 0 Å². The first-order valence-electron chi connectivity index (χ1n) is 5.43. The first kappa shape index (κ1) is 16.2. The van der Waals surface area contributed by atoms with Crippen molar-refractivity contribution in [2.45, 2.75) is 45.7 Å². The van der Waals surface area contributed by atoms with Crippen molar-refractivity contribution in [1.29, 1.82) is 0 Å². The van der Waals surface area contributed by atoms with Crippen LogP contribution in [-0.4, -0.2) is 34.3 Å². The molecule has 1 amide bonds. The quantitative estimate of drug-likeness (QED) is 0.529. The third-order valence-corrected chi connectivity index (χ3v) is 2.66. The average molecular weight is 262 g/mol. The average Bonchev–Trinajstić information content (AvgIpc) is 2.08. The normalized spacial score (nSPS) is 14.2. The molecule has 0 aromatic carbocycles.